The summed E-state index contributed by atoms with van der Waals surface area (Å²) in [6.07, 6.45) is 5.45. The van der Waals surface area contributed by atoms with Gasteiger partial charge in [0.1, 0.15) is 18.6 Å². The van der Waals surface area contributed by atoms with E-state index in [0.717, 1.165) is 62.3 Å². The Morgan fingerprint density at radius 3 is 2.80 bits per heavy atom. The fourth-order valence-electron chi connectivity index (χ4n) is 8.47. The molecule has 0 saturated carbocycles. The molecule has 4 atom stereocenters. The first-order chi connectivity index (χ1) is 21.8. The predicted molar refractivity (Wildman–Crippen MR) is 167 cm³/mol. The predicted octanol–water partition coefficient (Wildman–Crippen LogP) is 4.16. The summed E-state index contributed by atoms with van der Waals surface area (Å²) in [6, 6.07) is 8.68. The summed E-state index contributed by atoms with van der Waals surface area (Å²) in [4.78, 5) is 30.9. The third-order valence-corrected chi connectivity index (χ3v) is 10.7. The molecule has 1 aromatic heterocycles. The van der Waals surface area contributed by atoms with Crippen LogP contribution in [-0.4, -0.2) is 95.5 Å². The molecule has 0 unspecified atom stereocenters. The van der Waals surface area contributed by atoms with Crippen molar-refractivity contribution in [2.24, 2.45) is 0 Å². The molecule has 0 N–H and O–H groups in total. The molecule has 1 aromatic carbocycles. The number of nitriles is 1. The van der Waals surface area contributed by atoms with Gasteiger partial charge >= 0.3 is 6.01 Å². The molecule has 7 rings (SSSR count). The molecule has 0 bridgehead atoms. The van der Waals surface area contributed by atoms with Crippen molar-refractivity contribution in [2.45, 2.75) is 95.2 Å². The van der Waals surface area contributed by atoms with Gasteiger partial charge in [0.05, 0.1) is 36.3 Å². The van der Waals surface area contributed by atoms with Crippen molar-refractivity contribution in [3.63, 3.8) is 0 Å². The normalized spacial score (nSPS) is 27.0. The third kappa shape index (κ3) is 5.71. The smallest absolute Gasteiger partial charge is 0.318 e. The number of benzene rings is 1. The van der Waals surface area contributed by atoms with Gasteiger partial charge in [-0.2, -0.15) is 15.2 Å². The second kappa shape index (κ2) is 12.3. The highest BCUT2D eigenvalue weighted by atomic mass is 19.1. The van der Waals surface area contributed by atoms with E-state index in [1.54, 1.807) is 0 Å². The Kier molecular flexibility index (Phi) is 8.27. The van der Waals surface area contributed by atoms with E-state index in [1.165, 1.54) is 41.5 Å². The maximum Gasteiger partial charge on any atom is 0.318 e. The van der Waals surface area contributed by atoms with Gasteiger partial charge in [0.2, 0.25) is 0 Å². The lowest BCUT2D eigenvalue weighted by molar-refractivity contribution is -0.138. The van der Waals surface area contributed by atoms with Crippen LogP contribution in [0.25, 0.3) is 0 Å². The van der Waals surface area contributed by atoms with Crippen LogP contribution in [0.1, 0.15) is 67.8 Å². The van der Waals surface area contributed by atoms with Crippen LogP contribution in [0.3, 0.4) is 0 Å². The Hall–Kier alpha value is -3.52. The average molecular weight is 620 g/mol. The summed E-state index contributed by atoms with van der Waals surface area (Å²) >= 11 is 0. The van der Waals surface area contributed by atoms with Crippen molar-refractivity contribution in [2.75, 3.05) is 55.7 Å². The van der Waals surface area contributed by atoms with E-state index in [-0.39, 0.29) is 18.0 Å². The molecule has 2 aromatic rings. The standard InChI is InChI=1S/C34H43F2N7O2/c1-23(35)32(44)43-17-16-41(20-26(43)10-13-37)31-28-11-15-40(30-9-4-7-24-6-2-3-8-27(24)30)21-29(28)38-33(39-31)45-22-34-12-5-14-42(34)19-25(36)18-34/h4,7,9,23,25-26H,2-3,5-6,8,10-12,14-22H2,1H3/t23-,25+,26-,34-/m0/s1. The highest BCUT2D eigenvalue weighted by Crippen LogP contribution is 2.41. The Morgan fingerprint density at radius 1 is 1.09 bits per heavy atom. The molecule has 0 spiro atoms. The maximum atomic E-state index is 14.5. The molecule has 45 heavy (non-hydrogen) atoms. The first-order valence-electron chi connectivity index (χ1n) is 16.7. The van der Waals surface area contributed by atoms with Gasteiger partial charge in [-0.1, -0.05) is 12.1 Å². The van der Waals surface area contributed by atoms with Crippen molar-refractivity contribution in [3.05, 3.63) is 40.6 Å². The van der Waals surface area contributed by atoms with E-state index in [0.29, 0.717) is 45.8 Å². The molecule has 1 aliphatic carbocycles. The SMILES string of the molecule is C[C@H](F)C(=O)N1CCN(c2nc(OC[C@@]34CCCN3C[C@H](F)C4)nc3c2CCN(c2cccc4c2CCCC4)C3)C[C@@H]1CC#N. The van der Waals surface area contributed by atoms with Crippen molar-refractivity contribution < 1.29 is 18.3 Å². The van der Waals surface area contributed by atoms with E-state index in [2.05, 4.69) is 39.0 Å². The zero-order valence-corrected chi connectivity index (χ0v) is 26.2. The highest BCUT2D eigenvalue weighted by Gasteiger charge is 2.49. The van der Waals surface area contributed by atoms with E-state index >= 15 is 0 Å². The molecule has 9 nitrogen and oxygen atoms in total. The number of piperazine rings is 1. The van der Waals surface area contributed by atoms with E-state index < -0.39 is 24.3 Å². The number of fused-ring (bicyclic) bond motifs is 3. The number of hydrogen-bond acceptors (Lipinski definition) is 8. The minimum absolute atomic E-state index is 0.112. The molecule has 240 valence electrons. The highest BCUT2D eigenvalue weighted by molar-refractivity contribution is 5.81. The van der Waals surface area contributed by atoms with Crippen LogP contribution in [0, 0.1) is 11.3 Å². The molecule has 5 aliphatic rings. The fourth-order valence-corrected chi connectivity index (χ4v) is 8.47. The summed E-state index contributed by atoms with van der Waals surface area (Å²) in [7, 11) is 0. The maximum absolute atomic E-state index is 14.5. The number of amides is 1. The first kappa shape index (κ1) is 30.2. The van der Waals surface area contributed by atoms with E-state index in [1.807, 2.05) is 0 Å². The van der Waals surface area contributed by atoms with Gasteiger partial charge < -0.3 is 19.4 Å². The van der Waals surface area contributed by atoms with E-state index in [9.17, 15) is 18.8 Å². The van der Waals surface area contributed by atoms with Crippen molar-refractivity contribution in [3.8, 4) is 12.1 Å². The van der Waals surface area contributed by atoms with Crippen molar-refractivity contribution >= 4 is 17.4 Å². The number of hydrogen-bond donors (Lipinski definition) is 0. The minimum atomic E-state index is -1.62. The second-order valence-electron chi connectivity index (χ2n) is 13.5. The van der Waals surface area contributed by atoms with Crippen LogP contribution >= 0.6 is 0 Å². The Bertz CT molecular complexity index is 1480. The first-order valence-corrected chi connectivity index (χ1v) is 16.7. The number of carbonyl (C=O) groups excluding carboxylic acids is 1. The summed E-state index contributed by atoms with van der Waals surface area (Å²) in [6.45, 7) is 5.55. The molecule has 1 amide bonds. The molecule has 3 saturated heterocycles. The molecular weight excluding hydrogens is 576 g/mol. The van der Waals surface area contributed by atoms with Gasteiger partial charge in [-0.05, 0) is 75.6 Å². The Morgan fingerprint density at radius 2 is 1.96 bits per heavy atom. The minimum Gasteiger partial charge on any atom is -0.461 e. The molecule has 5 heterocycles. The number of halogens is 2. The van der Waals surface area contributed by atoms with E-state index in [4.69, 9.17) is 14.7 Å². The lowest BCUT2D eigenvalue weighted by Gasteiger charge is -2.42. The molecule has 3 fully saturated rings. The number of aromatic nitrogens is 2. The molecule has 4 aliphatic heterocycles. The number of nitrogens with zero attached hydrogens (tertiary/aromatic N) is 7. The van der Waals surface area contributed by atoms with Crippen LogP contribution < -0.4 is 14.5 Å². The van der Waals surface area contributed by atoms with Crippen LogP contribution in [0.2, 0.25) is 0 Å². The van der Waals surface area contributed by atoms with Crippen LogP contribution in [0.4, 0.5) is 20.3 Å². The lowest BCUT2D eigenvalue weighted by atomic mass is 9.89. The number of rotatable bonds is 7. The van der Waals surface area contributed by atoms with Crippen molar-refractivity contribution in [1.29, 1.82) is 5.26 Å². The number of ether oxygens (including phenoxy) is 1. The van der Waals surface area contributed by atoms with Crippen LogP contribution in [0.5, 0.6) is 6.01 Å². The summed E-state index contributed by atoms with van der Waals surface area (Å²) in [5.74, 6) is 0.192. The quantitative estimate of drug-likeness (QED) is 0.457. The Labute approximate surface area is 264 Å². The number of anilines is 2. The van der Waals surface area contributed by atoms with Gasteiger partial charge in [-0.25, -0.2) is 8.78 Å². The Balaban J connectivity index is 1.20. The van der Waals surface area contributed by atoms with Gasteiger partial charge in [-0.15, -0.1) is 0 Å². The number of alkyl halides is 2. The lowest BCUT2D eigenvalue weighted by Crippen LogP contribution is -2.57. The average Bonchev–Trinajstić information content (AvgIpc) is 3.58. The monoisotopic (exact) mass is 619 g/mol. The van der Waals surface area contributed by atoms with Gasteiger partial charge in [0, 0.05) is 50.4 Å². The van der Waals surface area contributed by atoms with Crippen LogP contribution in [0.15, 0.2) is 18.2 Å². The molecular formula is C34H43F2N7O2. The molecule has 0 radical (unpaired) electrons. The molecule has 11 heteroatoms. The zero-order chi connectivity index (χ0) is 31.1. The number of carbonyl (C=O) groups is 1. The fraction of sp³-hybridized carbons (Fsp3) is 0.647. The van der Waals surface area contributed by atoms with Crippen molar-refractivity contribution in [1.82, 2.24) is 19.8 Å². The van der Waals surface area contributed by atoms with Crippen LogP contribution in [-0.2, 0) is 30.6 Å². The van der Waals surface area contributed by atoms with Gasteiger partial charge in [0.25, 0.3) is 5.91 Å². The summed E-state index contributed by atoms with van der Waals surface area (Å²) < 4.78 is 34.9. The van der Waals surface area contributed by atoms with Gasteiger partial charge in [0.15, 0.2) is 6.17 Å². The topological polar surface area (TPSA) is 88.8 Å². The summed E-state index contributed by atoms with van der Waals surface area (Å²) in [5, 5.41) is 9.56. The summed E-state index contributed by atoms with van der Waals surface area (Å²) in [5.41, 5.74) is 5.82. The second-order valence-corrected chi connectivity index (χ2v) is 13.5. The zero-order valence-electron chi connectivity index (χ0n) is 26.2. The van der Waals surface area contributed by atoms with Gasteiger partial charge in [-0.3, -0.25) is 9.69 Å². The third-order valence-electron chi connectivity index (χ3n) is 10.7. The largest absolute Gasteiger partial charge is 0.461 e. The number of aryl methyl sites for hydroxylation is 1.